The highest BCUT2D eigenvalue weighted by molar-refractivity contribution is 7.12. The molecule has 1 aliphatic carbocycles. The van der Waals surface area contributed by atoms with E-state index in [0.717, 1.165) is 25.4 Å². The molecule has 0 spiro atoms. The number of thiophene rings is 1. The van der Waals surface area contributed by atoms with E-state index in [1.807, 2.05) is 30.4 Å². The average Bonchev–Trinajstić information content (AvgIpc) is 3.02. The van der Waals surface area contributed by atoms with Crippen molar-refractivity contribution in [1.29, 1.82) is 0 Å². The number of aryl methyl sites for hydroxylation is 2. The maximum absolute atomic E-state index is 5.45. The molecule has 1 aromatic heterocycles. The van der Waals surface area contributed by atoms with E-state index in [9.17, 15) is 0 Å². The summed E-state index contributed by atoms with van der Waals surface area (Å²) in [6, 6.07) is 10.7. The minimum atomic E-state index is 0.723. The molecule has 0 aliphatic heterocycles. The first-order valence-corrected chi connectivity index (χ1v) is 8.19. The van der Waals surface area contributed by atoms with Gasteiger partial charge in [0.25, 0.3) is 0 Å². The third kappa shape index (κ3) is 3.22. The molecule has 0 saturated heterocycles. The fraction of sp³-hybridized carbons (Fsp3) is 0.412. The summed E-state index contributed by atoms with van der Waals surface area (Å²) in [5.74, 6) is 0.950. The fourth-order valence-corrected chi connectivity index (χ4v) is 3.91. The molecule has 0 radical (unpaired) electrons. The fourth-order valence-electron chi connectivity index (χ4n) is 2.68. The lowest BCUT2D eigenvalue weighted by atomic mass is 10.2. The molecule has 1 aromatic carbocycles. The Kier molecular flexibility index (Phi) is 4.38. The van der Waals surface area contributed by atoms with Gasteiger partial charge < -0.3 is 10.1 Å². The Hall–Kier alpha value is -1.32. The van der Waals surface area contributed by atoms with Gasteiger partial charge in [-0.1, -0.05) is 12.1 Å². The van der Waals surface area contributed by atoms with Crippen LogP contribution in [-0.4, -0.2) is 6.61 Å². The normalized spacial score (nSPS) is 13.4. The minimum absolute atomic E-state index is 0.723. The third-order valence-corrected chi connectivity index (χ3v) is 4.90. The van der Waals surface area contributed by atoms with E-state index >= 15 is 0 Å². The van der Waals surface area contributed by atoms with Crippen molar-refractivity contribution in [3.05, 3.63) is 51.2 Å². The first-order valence-electron chi connectivity index (χ1n) is 7.38. The van der Waals surface area contributed by atoms with Crippen molar-refractivity contribution in [2.75, 3.05) is 6.61 Å². The predicted octanol–water partition coefficient (Wildman–Crippen LogP) is 3.93. The monoisotopic (exact) mass is 287 g/mol. The van der Waals surface area contributed by atoms with Gasteiger partial charge in [-0.3, -0.25) is 0 Å². The van der Waals surface area contributed by atoms with Crippen LogP contribution in [-0.2, 0) is 25.9 Å². The Morgan fingerprint density at radius 3 is 2.75 bits per heavy atom. The second-order valence-electron chi connectivity index (χ2n) is 5.20. The molecule has 0 atom stereocenters. The summed E-state index contributed by atoms with van der Waals surface area (Å²) in [7, 11) is 0. The van der Waals surface area contributed by atoms with Crippen molar-refractivity contribution in [1.82, 2.24) is 5.32 Å². The Labute approximate surface area is 124 Å². The zero-order valence-corrected chi connectivity index (χ0v) is 12.8. The molecule has 1 heterocycles. The number of rotatable bonds is 6. The average molecular weight is 287 g/mol. The van der Waals surface area contributed by atoms with Gasteiger partial charge in [0, 0.05) is 22.8 Å². The topological polar surface area (TPSA) is 21.3 Å². The quantitative estimate of drug-likeness (QED) is 0.869. The molecule has 2 nitrogen and oxygen atoms in total. The summed E-state index contributed by atoms with van der Waals surface area (Å²) < 4.78 is 5.45. The maximum Gasteiger partial charge on any atom is 0.119 e. The predicted molar refractivity (Wildman–Crippen MR) is 84.5 cm³/mol. The largest absolute Gasteiger partial charge is 0.494 e. The maximum atomic E-state index is 5.45. The van der Waals surface area contributed by atoms with Crippen LogP contribution in [0.3, 0.4) is 0 Å². The summed E-state index contributed by atoms with van der Waals surface area (Å²) in [5, 5.41) is 3.53. The lowest BCUT2D eigenvalue weighted by Gasteiger charge is -2.06. The summed E-state index contributed by atoms with van der Waals surface area (Å²) in [6.45, 7) is 4.62. The van der Waals surface area contributed by atoms with E-state index in [1.165, 1.54) is 29.7 Å². The molecule has 0 unspecified atom stereocenters. The van der Waals surface area contributed by atoms with Crippen molar-refractivity contribution < 1.29 is 4.74 Å². The van der Waals surface area contributed by atoms with E-state index in [2.05, 4.69) is 23.5 Å². The van der Waals surface area contributed by atoms with Gasteiger partial charge >= 0.3 is 0 Å². The van der Waals surface area contributed by atoms with Crippen molar-refractivity contribution in [3.8, 4) is 5.75 Å². The van der Waals surface area contributed by atoms with Crippen LogP contribution in [0.4, 0.5) is 0 Å². The van der Waals surface area contributed by atoms with Crippen LogP contribution in [0.1, 0.15) is 34.2 Å². The molecule has 1 N–H and O–H groups in total. The number of nitrogens with one attached hydrogen (secondary N) is 1. The van der Waals surface area contributed by atoms with Crippen LogP contribution in [0.15, 0.2) is 30.3 Å². The van der Waals surface area contributed by atoms with E-state index in [1.54, 1.807) is 10.4 Å². The molecular weight excluding hydrogens is 266 g/mol. The number of hydrogen-bond acceptors (Lipinski definition) is 3. The summed E-state index contributed by atoms with van der Waals surface area (Å²) in [4.78, 5) is 3.09. The Morgan fingerprint density at radius 2 is 2.00 bits per heavy atom. The van der Waals surface area contributed by atoms with E-state index < -0.39 is 0 Å². The van der Waals surface area contributed by atoms with Gasteiger partial charge in [0.2, 0.25) is 0 Å². The van der Waals surface area contributed by atoms with Gasteiger partial charge in [-0.15, -0.1) is 11.3 Å². The summed E-state index contributed by atoms with van der Waals surface area (Å²) in [5.41, 5.74) is 2.89. The van der Waals surface area contributed by atoms with Crippen molar-refractivity contribution >= 4 is 11.3 Å². The molecule has 3 rings (SSSR count). The van der Waals surface area contributed by atoms with Crippen LogP contribution in [0.5, 0.6) is 5.75 Å². The number of hydrogen-bond donors (Lipinski definition) is 1. The molecular formula is C17H21NOS. The first-order chi connectivity index (χ1) is 9.85. The molecule has 0 amide bonds. The van der Waals surface area contributed by atoms with Crippen LogP contribution < -0.4 is 10.1 Å². The van der Waals surface area contributed by atoms with Gasteiger partial charge in [0.15, 0.2) is 0 Å². The van der Waals surface area contributed by atoms with Gasteiger partial charge in [-0.2, -0.15) is 0 Å². The number of fused-ring (bicyclic) bond motifs is 1. The van der Waals surface area contributed by atoms with Crippen LogP contribution >= 0.6 is 11.3 Å². The van der Waals surface area contributed by atoms with Crippen molar-refractivity contribution in [2.45, 2.75) is 39.3 Å². The molecule has 0 fully saturated rings. The first kappa shape index (κ1) is 13.7. The van der Waals surface area contributed by atoms with Crippen molar-refractivity contribution in [3.63, 3.8) is 0 Å². The molecule has 3 heteroatoms. The van der Waals surface area contributed by atoms with E-state index in [0.29, 0.717) is 0 Å². The highest BCUT2D eigenvalue weighted by atomic mass is 32.1. The minimum Gasteiger partial charge on any atom is -0.494 e. The number of ether oxygens (including phenoxy) is 1. The molecule has 106 valence electrons. The van der Waals surface area contributed by atoms with Crippen molar-refractivity contribution in [2.24, 2.45) is 0 Å². The zero-order chi connectivity index (χ0) is 13.8. The molecule has 2 aromatic rings. The third-order valence-electron chi connectivity index (χ3n) is 3.66. The number of benzene rings is 1. The lowest BCUT2D eigenvalue weighted by Crippen LogP contribution is -2.11. The van der Waals surface area contributed by atoms with E-state index in [-0.39, 0.29) is 0 Å². The van der Waals surface area contributed by atoms with Crippen LogP contribution in [0.25, 0.3) is 0 Å². The molecule has 1 aliphatic rings. The summed E-state index contributed by atoms with van der Waals surface area (Å²) >= 11 is 1.98. The van der Waals surface area contributed by atoms with E-state index in [4.69, 9.17) is 4.74 Å². The van der Waals surface area contributed by atoms with Gasteiger partial charge in [0.1, 0.15) is 5.75 Å². The standard InChI is InChI=1S/C17H21NOS/c1-2-19-15-8-6-13(7-9-15)11-18-12-16-10-14-4-3-5-17(14)20-16/h6-10,18H,2-5,11-12H2,1H3. The highest BCUT2D eigenvalue weighted by Gasteiger charge is 2.14. The summed E-state index contributed by atoms with van der Waals surface area (Å²) in [6.07, 6.45) is 3.92. The van der Waals surface area contributed by atoms with Crippen LogP contribution in [0, 0.1) is 0 Å². The van der Waals surface area contributed by atoms with Gasteiger partial charge in [0.05, 0.1) is 6.61 Å². The SMILES string of the molecule is CCOc1ccc(CNCc2cc3c(s2)CCC3)cc1. The smallest absolute Gasteiger partial charge is 0.119 e. The second kappa shape index (κ2) is 6.42. The zero-order valence-electron chi connectivity index (χ0n) is 11.9. The lowest BCUT2D eigenvalue weighted by molar-refractivity contribution is 0.340. The Bertz CT molecular complexity index is 537. The molecule has 0 saturated carbocycles. The Balaban J connectivity index is 1.49. The highest BCUT2D eigenvalue weighted by Crippen LogP contribution is 2.30. The second-order valence-corrected chi connectivity index (χ2v) is 6.42. The van der Waals surface area contributed by atoms with Crippen LogP contribution in [0.2, 0.25) is 0 Å². The van der Waals surface area contributed by atoms with Gasteiger partial charge in [-0.05, 0) is 55.5 Å². The Morgan fingerprint density at radius 1 is 1.15 bits per heavy atom. The molecule has 20 heavy (non-hydrogen) atoms. The molecule has 0 bridgehead atoms. The van der Waals surface area contributed by atoms with Gasteiger partial charge in [-0.25, -0.2) is 0 Å².